The van der Waals surface area contributed by atoms with Crippen LogP contribution in [0.4, 0.5) is 0 Å². The first-order valence-electron chi connectivity index (χ1n) is 11.6. The Morgan fingerprint density at radius 3 is 1.83 bits per heavy atom. The predicted octanol–water partition coefficient (Wildman–Crippen LogP) is 4.89. The zero-order valence-corrected chi connectivity index (χ0v) is 20.8. The smallest absolute Gasteiger partial charge is 0.346 e. The molecule has 2 aromatic carbocycles. The lowest BCUT2D eigenvalue weighted by Gasteiger charge is -2.39. The van der Waals surface area contributed by atoms with Gasteiger partial charge < -0.3 is 14.6 Å². The molecule has 1 atom stereocenters. The Balaban J connectivity index is 2.22. The number of benzene rings is 2. The maximum Gasteiger partial charge on any atom is 0.346 e. The van der Waals surface area contributed by atoms with E-state index in [4.69, 9.17) is 9.47 Å². The van der Waals surface area contributed by atoms with Crippen molar-refractivity contribution >= 4 is 11.9 Å². The van der Waals surface area contributed by atoms with E-state index in [0.29, 0.717) is 28.9 Å². The number of aliphatic carboxylic acids is 1. The average Bonchev–Trinajstić information content (AvgIpc) is 2.84. The molecule has 1 unspecified atom stereocenters. The van der Waals surface area contributed by atoms with Gasteiger partial charge in [-0.15, -0.1) is 0 Å². The molecule has 3 rings (SSSR count). The van der Waals surface area contributed by atoms with Crippen molar-refractivity contribution in [2.45, 2.75) is 52.6 Å². The molecular weight excluding hydrogens is 444 g/mol. The largest absolute Gasteiger partial charge is 0.478 e. The Bertz CT molecular complexity index is 1100. The van der Waals surface area contributed by atoms with E-state index in [-0.39, 0.29) is 12.6 Å². The highest BCUT2D eigenvalue weighted by atomic mass is 16.5. The highest BCUT2D eigenvalue weighted by Crippen LogP contribution is 2.39. The molecule has 0 bridgehead atoms. The van der Waals surface area contributed by atoms with Gasteiger partial charge in [-0.3, -0.25) is 4.79 Å². The number of nitrogens with zero attached hydrogens (tertiary/aromatic N) is 2. The standard InChI is InChI=1S/C28H32N2O5/c1-6-27(4,5)25(33)34-18-28(21-13-9-7-10-14-21,22-15-11-8-12-16-22)23(24(31)32)35-26-29-19(2)17-20(3)30-26/h7-17,23H,6,18H2,1-5H3,(H,31,32). The van der Waals surface area contributed by atoms with Crippen LogP contribution in [0.1, 0.15) is 49.7 Å². The SMILES string of the molecule is CCC(C)(C)C(=O)OCC(c1ccccc1)(c1ccccc1)C(Oc1nc(C)cc(C)n1)C(=O)O. The monoisotopic (exact) mass is 476 g/mol. The summed E-state index contributed by atoms with van der Waals surface area (Å²) >= 11 is 0. The van der Waals surface area contributed by atoms with Gasteiger partial charge in [-0.25, -0.2) is 14.8 Å². The third kappa shape index (κ3) is 5.67. The van der Waals surface area contributed by atoms with Gasteiger partial charge in [-0.05, 0) is 51.3 Å². The Labute approximate surface area is 206 Å². The van der Waals surface area contributed by atoms with Gasteiger partial charge in [0.25, 0.3) is 0 Å². The molecule has 0 aliphatic rings. The van der Waals surface area contributed by atoms with E-state index in [1.54, 1.807) is 33.8 Å². The maximum absolute atomic E-state index is 13.0. The summed E-state index contributed by atoms with van der Waals surface area (Å²) in [6, 6.07) is 19.9. The molecule has 35 heavy (non-hydrogen) atoms. The number of aryl methyl sites for hydroxylation is 2. The molecule has 1 heterocycles. The summed E-state index contributed by atoms with van der Waals surface area (Å²) in [7, 11) is 0. The lowest BCUT2D eigenvalue weighted by Crippen LogP contribution is -2.53. The van der Waals surface area contributed by atoms with Crippen molar-refractivity contribution < 1.29 is 24.2 Å². The second-order valence-electron chi connectivity index (χ2n) is 9.29. The third-order valence-corrected chi connectivity index (χ3v) is 6.30. The van der Waals surface area contributed by atoms with Crippen LogP contribution in [-0.4, -0.2) is 39.7 Å². The fraction of sp³-hybridized carbons (Fsp3) is 0.357. The van der Waals surface area contributed by atoms with Crippen molar-refractivity contribution in [2.75, 3.05) is 6.61 Å². The van der Waals surface area contributed by atoms with Crippen LogP contribution < -0.4 is 4.74 Å². The predicted molar refractivity (Wildman–Crippen MR) is 132 cm³/mol. The molecule has 0 amide bonds. The lowest BCUT2D eigenvalue weighted by atomic mass is 9.70. The van der Waals surface area contributed by atoms with Gasteiger partial charge in [0.1, 0.15) is 12.0 Å². The van der Waals surface area contributed by atoms with Crippen LogP contribution in [-0.2, 0) is 19.7 Å². The van der Waals surface area contributed by atoms with Crippen molar-refractivity contribution in [2.24, 2.45) is 5.41 Å². The molecule has 0 spiro atoms. The van der Waals surface area contributed by atoms with Crippen molar-refractivity contribution in [3.05, 3.63) is 89.2 Å². The fourth-order valence-electron chi connectivity index (χ4n) is 3.92. The molecule has 7 heteroatoms. The number of hydrogen-bond donors (Lipinski definition) is 1. The van der Waals surface area contributed by atoms with Crippen LogP contribution in [0.25, 0.3) is 0 Å². The second kappa shape index (κ2) is 10.7. The van der Waals surface area contributed by atoms with Crippen LogP contribution in [0.5, 0.6) is 6.01 Å². The number of carbonyl (C=O) groups is 2. The number of rotatable bonds is 10. The van der Waals surface area contributed by atoms with Crippen molar-refractivity contribution in [1.82, 2.24) is 9.97 Å². The number of aromatic nitrogens is 2. The molecule has 7 nitrogen and oxygen atoms in total. The number of carbonyl (C=O) groups excluding carboxylic acids is 1. The van der Waals surface area contributed by atoms with Crippen molar-refractivity contribution in [1.29, 1.82) is 0 Å². The molecule has 0 radical (unpaired) electrons. The molecule has 1 N–H and O–H groups in total. The summed E-state index contributed by atoms with van der Waals surface area (Å²) in [6.07, 6.45) is -0.920. The zero-order valence-electron chi connectivity index (χ0n) is 20.8. The second-order valence-corrected chi connectivity index (χ2v) is 9.29. The highest BCUT2D eigenvalue weighted by molar-refractivity contribution is 5.78. The van der Waals surface area contributed by atoms with Gasteiger partial charge in [0.2, 0.25) is 6.10 Å². The summed E-state index contributed by atoms with van der Waals surface area (Å²) in [6.45, 7) is 8.84. The number of ether oxygens (including phenoxy) is 2. The summed E-state index contributed by atoms with van der Waals surface area (Å²) < 4.78 is 11.9. The normalized spacial score (nSPS) is 12.6. The fourth-order valence-corrected chi connectivity index (χ4v) is 3.92. The molecule has 0 aliphatic carbocycles. The molecule has 0 saturated carbocycles. The molecule has 3 aromatic rings. The Kier molecular flexibility index (Phi) is 7.89. The third-order valence-electron chi connectivity index (χ3n) is 6.30. The average molecular weight is 477 g/mol. The summed E-state index contributed by atoms with van der Waals surface area (Å²) in [4.78, 5) is 34.5. The molecular formula is C28H32N2O5. The first kappa shape index (κ1) is 25.9. The van der Waals surface area contributed by atoms with Crippen LogP contribution in [0.2, 0.25) is 0 Å². The molecule has 0 aliphatic heterocycles. The first-order valence-corrected chi connectivity index (χ1v) is 11.6. The Morgan fingerprint density at radius 1 is 0.914 bits per heavy atom. The van der Waals surface area contributed by atoms with Gasteiger partial charge in [-0.1, -0.05) is 67.6 Å². The summed E-state index contributed by atoms with van der Waals surface area (Å²) in [5.41, 5.74) is 0.454. The van der Waals surface area contributed by atoms with E-state index < -0.39 is 28.9 Å². The van der Waals surface area contributed by atoms with E-state index in [9.17, 15) is 14.7 Å². The quantitative estimate of drug-likeness (QED) is 0.416. The van der Waals surface area contributed by atoms with Crippen molar-refractivity contribution in [3.63, 3.8) is 0 Å². The number of carboxylic acids is 1. The van der Waals surface area contributed by atoms with Gasteiger partial charge >= 0.3 is 17.9 Å². The minimum Gasteiger partial charge on any atom is -0.478 e. The molecule has 0 fully saturated rings. The van der Waals surface area contributed by atoms with E-state index in [0.717, 1.165) is 0 Å². The van der Waals surface area contributed by atoms with Crippen LogP contribution >= 0.6 is 0 Å². The van der Waals surface area contributed by atoms with E-state index >= 15 is 0 Å². The van der Waals surface area contributed by atoms with Gasteiger partial charge in [0.05, 0.1) is 5.41 Å². The number of esters is 1. The number of carboxylic acid groups (broad SMARTS) is 1. The summed E-state index contributed by atoms with van der Waals surface area (Å²) in [5.74, 6) is -1.64. The van der Waals surface area contributed by atoms with Crippen LogP contribution in [0.3, 0.4) is 0 Å². The molecule has 184 valence electrons. The van der Waals surface area contributed by atoms with E-state index in [1.165, 1.54) is 0 Å². The van der Waals surface area contributed by atoms with E-state index in [2.05, 4.69) is 9.97 Å². The van der Waals surface area contributed by atoms with Gasteiger partial charge in [0.15, 0.2) is 0 Å². The maximum atomic E-state index is 13.0. The lowest BCUT2D eigenvalue weighted by molar-refractivity contribution is -0.161. The Morgan fingerprint density at radius 2 is 1.40 bits per heavy atom. The molecule has 1 aromatic heterocycles. The molecule has 0 saturated heterocycles. The van der Waals surface area contributed by atoms with Crippen LogP contribution in [0.15, 0.2) is 66.7 Å². The van der Waals surface area contributed by atoms with Crippen LogP contribution in [0, 0.1) is 19.3 Å². The minimum absolute atomic E-state index is 0.0497. The van der Waals surface area contributed by atoms with Gasteiger partial charge in [-0.2, -0.15) is 0 Å². The topological polar surface area (TPSA) is 98.6 Å². The first-order chi connectivity index (χ1) is 16.6. The number of hydrogen-bond acceptors (Lipinski definition) is 6. The van der Waals surface area contributed by atoms with Gasteiger partial charge in [0, 0.05) is 11.4 Å². The summed E-state index contributed by atoms with van der Waals surface area (Å²) in [5, 5.41) is 10.5. The Hall–Kier alpha value is -3.74. The zero-order chi connectivity index (χ0) is 25.6. The van der Waals surface area contributed by atoms with E-state index in [1.807, 2.05) is 67.6 Å². The minimum atomic E-state index is -1.49. The highest BCUT2D eigenvalue weighted by Gasteiger charge is 2.50. The van der Waals surface area contributed by atoms with Crippen molar-refractivity contribution in [3.8, 4) is 6.01 Å².